The quantitative estimate of drug-likeness (QED) is 0.263. The normalized spacial score (nSPS) is 14.1. The van der Waals surface area contributed by atoms with Crippen molar-refractivity contribution in [3.63, 3.8) is 0 Å². The molecule has 9 nitrogen and oxygen atoms in total. The molecule has 0 radical (unpaired) electrons. The van der Waals surface area contributed by atoms with Gasteiger partial charge >= 0.3 is 0 Å². The number of carbonyl (C=O) groups is 1. The SMILES string of the molecule is Cc1ccc(Cl)cc1N1CCN(CCCNC(=O)c2cccc(Nc3nc4ccccc4n4cnnc34)c2)CC1. The fourth-order valence-electron chi connectivity index (χ4n) is 5.21. The molecule has 3 heterocycles. The highest BCUT2D eigenvalue weighted by Gasteiger charge is 2.18. The van der Waals surface area contributed by atoms with Crippen LogP contribution < -0.4 is 15.5 Å². The van der Waals surface area contributed by atoms with Gasteiger partial charge in [-0.05, 0) is 67.9 Å². The maximum atomic E-state index is 12.9. The summed E-state index contributed by atoms with van der Waals surface area (Å²) in [7, 11) is 0. The van der Waals surface area contributed by atoms with Crippen LogP contribution in [0.2, 0.25) is 5.02 Å². The Kier molecular flexibility index (Phi) is 7.48. The molecule has 2 N–H and O–H groups in total. The van der Waals surface area contributed by atoms with Crippen LogP contribution in [0.5, 0.6) is 0 Å². The highest BCUT2D eigenvalue weighted by atomic mass is 35.5. The highest BCUT2D eigenvalue weighted by molar-refractivity contribution is 6.30. The molecule has 0 aliphatic carbocycles. The number of fused-ring (bicyclic) bond motifs is 3. The predicted octanol–water partition coefficient (Wildman–Crippen LogP) is 4.93. The van der Waals surface area contributed by atoms with Gasteiger partial charge in [0.15, 0.2) is 5.82 Å². The van der Waals surface area contributed by atoms with Crippen molar-refractivity contribution in [1.82, 2.24) is 29.8 Å². The number of hydrogen-bond donors (Lipinski definition) is 2. The summed E-state index contributed by atoms with van der Waals surface area (Å²) in [5.74, 6) is 0.489. The molecule has 2 aromatic heterocycles. The molecule has 1 aliphatic rings. The maximum absolute atomic E-state index is 12.9. The number of hydrogen-bond acceptors (Lipinski definition) is 7. The third-order valence-corrected chi connectivity index (χ3v) is 7.58. The zero-order chi connectivity index (χ0) is 27.5. The van der Waals surface area contributed by atoms with Crippen LogP contribution in [-0.4, -0.2) is 69.7 Å². The number of nitrogens with zero attached hydrogens (tertiary/aromatic N) is 6. The van der Waals surface area contributed by atoms with Crippen LogP contribution in [0.3, 0.4) is 0 Å². The summed E-state index contributed by atoms with van der Waals surface area (Å²) in [4.78, 5) is 22.5. The molecule has 40 heavy (non-hydrogen) atoms. The van der Waals surface area contributed by atoms with E-state index in [9.17, 15) is 4.79 Å². The second kappa shape index (κ2) is 11.5. The summed E-state index contributed by atoms with van der Waals surface area (Å²) in [6, 6.07) is 21.3. The third kappa shape index (κ3) is 5.57. The van der Waals surface area contributed by atoms with Crippen LogP contribution in [-0.2, 0) is 0 Å². The average Bonchev–Trinajstić information content (AvgIpc) is 3.48. The van der Waals surface area contributed by atoms with Crippen molar-refractivity contribution < 1.29 is 4.79 Å². The first kappa shape index (κ1) is 26.0. The number of aromatic nitrogens is 4. The van der Waals surface area contributed by atoms with Gasteiger partial charge in [0.05, 0.1) is 11.0 Å². The van der Waals surface area contributed by atoms with Crippen molar-refractivity contribution in [1.29, 1.82) is 0 Å². The fraction of sp³-hybridized carbons (Fsp3) is 0.267. The van der Waals surface area contributed by atoms with Crippen molar-refractivity contribution in [3.05, 3.63) is 89.2 Å². The largest absolute Gasteiger partial charge is 0.369 e. The summed E-state index contributed by atoms with van der Waals surface area (Å²) in [6.45, 7) is 7.64. The first-order chi connectivity index (χ1) is 19.5. The third-order valence-electron chi connectivity index (χ3n) is 7.34. The summed E-state index contributed by atoms with van der Waals surface area (Å²) >= 11 is 6.22. The Morgan fingerprint density at radius 1 is 1.00 bits per heavy atom. The molecule has 3 aromatic carbocycles. The van der Waals surface area contributed by atoms with Crippen LogP contribution in [0.15, 0.2) is 73.1 Å². The van der Waals surface area contributed by atoms with E-state index in [-0.39, 0.29) is 5.91 Å². The van der Waals surface area contributed by atoms with E-state index < -0.39 is 0 Å². The van der Waals surface area contributed by atoms with Gasteiger partial charge in [0.25, 0.3) is 5.91 Å². The fourth-order valence-corrected chi connectivity index (χ4v) is 5.37. The summed E-state index contributed by atoms with van der Waals surface area (Å²) in [6.07, 6.45) is 2.57. The molecule has 6 rings (SSSR count). The minimum atomic E-state index is -0.0935. The molecular formula is C30H31ClN8O. The van der Waals surface area contributed by atoms with E-state index in [1.54, 1.807) is 6.33 Å². The topological polar surface area (TPSA) is 90.7 Å². The molecular weight excluding hydrogens is 524 g/mol. The lowest BCUT2D eigenvalue weighted by molar-refractivity contribution is 0.0951. The molecule has 0 saturated carbocycles. The van der Waals surface area contributed by atoms with E-state index >= 15 is 0 Å². The molecule has 0 atom stereocenters. The smallest absolute Gasteiger partial charge is 0.251 e. The summed E-state index contributed by atoms with van der Waals surface area (Å²) < 4.78 is 1.90. The molecule has 1 fully saturated rings. The van der Waals surface area contributed by atoms with Gasteiger partial charge in [-0.2, -0.15) is 0 Å². The standard InChI is InChI=1S/C30H31ClN8O/c1-21-10-11-23(31)19-27(21)38-16-14-37(15-17-38)13-5-12-32-30(40)22-6-4-7-24(18-22)34-28-29-36-33-20-39(29)26-9-3-2-8-25(26)35-28/h2-4,6-11,18-20H,5,12-17H2,1H3,(H,32,40)(H,34,35). The minimum absolute atomic E-state index is 0.0935. The number of piperazine rings is 1. The number of nitrogens with one attached hydrogen (secondary N) is 2. The van der Waals surface area contributed by atoms with E-state index in [2.05, 4.69) is 49.7 Å². The monoisotopic (exact) mass is 554 g/mol. The predicted molar refractivity (Wildman–Crippen MR) is 160 cm³/mol. The molecule has 0 unspecified atom stereocenters. The second-order valence-corrected chi connectivity index (χ2v) is 10.5. The first-order valence-corrected chi connectivity index (χ1v) is 13.9. The number of carbonyl (C=O) groups excluding carboxylic acids is 1. The first-order valence-electron chi connectivity index (χ1n) is 13.5. The maximum Gasteiger partial charge on any atom is 0.251 e. The average molecular weight is 555 g/mol. The molecule has 204 valence electrons. The van der Waals surface area contributed by atoms with E-state index in [0.717, 1.165) is 60.9 Å². The van der Waals surface area contributed by atoms with Gasteiger partial charge in [-0.15, -0.1) is 10.2 Å². The van der Waals surface area contributed by atoms with Gasteiger partial charge in [0, 0.05) is 54.7 Å². The molecule has 1 amide bonds. The molecule has 10 heteroatoms. The molecule has 0 spiro atoms. The number of anilines is 3. The van der Waals surface area contributed by atoms with Gasteiger partial charge < -0.3 is 15.5 Å². The number of amides is 1. The number of halogens is 1. The van der Waals surface area contributed by atoms with Crippen molar-refractivity contribution in [2.75, 3.05) is 49.5 Å². The van der Waals surface area contributed by atoms with Gasteiger partial charge in [0.1, 0.15) is 6.33 Å². The summed E-state index contributed by atoms with van der Waals surface area (Å²) in [5, 5.41) is 15.5. The number of aryl methyl sites for hydroxylation is 1. The Morgan fingerprint density at radius 3 is 2.73 bits per heavy atom. The Hall–Kier alpha value is -4.21. The van der Waals surface area contributed by atoms with Gasteiger partial charge in [-0.1, -0.05) is 35.9 Å². The van der Waals surface area contributed by atoms with Crippen LogP contribution in [0.4, 0.5) is 17.2 Å². The zero-order valence-electron chi connectivity index (χ0n) is 22.3. The van der Waals surface area contributed by atoms with E-state index in [0.29, 0.717) is 23.6 Å². The zero-order valence-corrected chi connectivity index (χ0v) is 23.1. The lowest BCUT2D eigenvalue weighted by atomic mass is 10.1. The van der Waals surface area contributed by atoms with E-state index in [1.165, 1.54) is 11.3 Å². The lowest BCUT2D eigenvalue weighted by Crippen LogP contribution is -2.47. The Balaban J connectivity index is 1.01. The van der Waals surface area contributed by atoms with Crippen molar-refractivity contribution in [3.8, 4) is 0 Å². The number of para-hydroxylation sites is 2. The Labute approximate surface area is 237 Å². The van der Waals surface area contributed by atoms with Crippen LogP contribution >= 0.6 is 11.6 Å². The number of benzene rings is 3. The highest BCUT2D eigenvalue weighted by Crippen LogP contribution is 2.26. The Bertz CT molecular complexity index is 1660. The van der Waals surface area contributed by atoms with Crippen LogP contribution in [0.25, 0.3) is 16.7 Å². The van der Waals surface area contributed by atoms with Gasteiger partial charge in [0.2, 0.25) is 5.65 Å². The van der Waals surface area contributed by atoms with Crippen LogP contribution in [0, 0.1) is 6.92 Å². The van der Waals surface area contributed by atoms with Crippen molar-refractivity contribution >= 4 is 51.4 Å². The van der Waals surface area contributed by atoms with Gasteiger partial charge in [-0.25, -0.2) is 4.98 Å². The van der Waals surface area contributed by atoms with E-state index in [4.69, 9.17) is 16.6 Å². The van der Waals surface area contributed by atoms with Crippen molar-refractivity contribution in [2.24, 2.45) is 0 Å². The van der Waals surface area contributed by atoms with E-state index in [1.807, 2.05) is 59.0 Å². The lowest BCUT2D eigenvalue weighted by Gasteiger charge is -2.37. The summed E-state index contributed by atoms with van der Waals surface area (Å²) in [5.41, 5.74) is 6.20. The molecule has 0 bridgehead atoms. The number of rotatable bonds is 8. The van der Waals surface area contributed by atoms with Crippen LogP contribution in [0.1, 0.15) is 22.3 Å². The van der Waals surface area contributed by atoms with Gasteiger partial charge in [-0.3, -0.25) is 14.1 Å². The van der Waals surface area contributed by atoms with Crippen molar-refractivity contribution in [2.45, 2.75) is 13.3 Å². The second-order valence-electron chi connectivity index (χ2n) is 10.0. The molecule has 1 aliphatic heterocycles. The molecule has 5 aromatic rings. The Morgan fingerprint density at radius 2 is 1.85 bits per heavy atom. The molecule has 1 saturated heterocycles. The minimum Gasteiger partial charge on any atom is -0.369 e.